The summed E-state index contributed by atoms with van der Waals surface area (Å²) < 4.78 is 68.4. The Kier molecular flexibility index (Phi) is 8.70. The Bertz CT molecular complexity index is 1200. The van der Waals surface area contributed by atoms with Gasteiger partial charge in [0.05, 0.1) is 11.8 Å². The van der Waals surface area contributed by atoms with Crippen molar-refractivity contribution < 1.29 is 56.0 Å². The smallest absolute Gasteiger partial charge is 0.417 e. The molecule has 0 radical (unpaired) electrons. The fourth-order valence-corrected chi connectivity index (χ4v) is 3.95. The Balaban J connectivity index is 2.13. The van der Waals surface area contributed by atoms with Crippen molar-refractivity contribution in [3.8, 4) is 11.3 Å². The molecule has 1 aromatic carbocycles. The minimum atomic E-state index is -4.69. The summed E-state index contributed by atoms with van der Waals surface area (Å²) in [7, 11) is 0. The second-order valence-corrected chi connectivity index (χ2v) is 8.22. The summed E-state index contributed by atoms with van der Waals surface area (Å²) in [5, 5.41) is 7.76. The normalized spacial score (nSPS) is 23.3. The summed E-state index contributed by atoms with van der Waals surface area (Å²) in [6, 6.07) is 3.43. The van der Waals surface area contributed by atoms with Crippen molar-refractivity contribution in [2.45, 2.75) is 64.5 Å². The van der Waals surface area contributed by atoms with Gasteiger partial charge in [-0.3, -0.25) is 19.2 Å². The first kappa shape index (κ1) is 28.6. The Morgan fingerprint density at radius 1 is 0.921 bits per heavy atom. The number of aromatic nitrogens is 3. The molecule has 1 aromatic heterocycles. The highest BCUT2D eigenvalue weighted by Crippen LogP contribution is 2.38. The second kappa shape index (κ2) is 11.6. The summed E-state index contributed by atoms with van der Waals surface area (Å²) in [6.07, 6.45) is -9.36. The highest BCUT2D eigenvalue weighted by Gasteiger charge is 2.53. The van der Waals surface area contributed by atoms with E-state index in [-0.39, 0.29) is 11.3 Å². The Hall–Kier alpha value is -4.01. The fraction of sp³-hybridized carbons (Fsp3) is 0.478. The predicted molar refractivity (Wildman–Crippen MR) is 118 cm³/mol. The molecule has 2 heterocycles. The maximum atomic E-state index is 13.6. The van der Waals surface area contributed by atoms with Gasteiger partial charge in [-0.1, -0.05) is 23.4 Å². The molecule has 0 spiro atoms. The average Bonchev–Trinajstić information content (AvgIpc) is 3.28. The molecule has 1 aliphatic rings. The van der Waals surface area contributed by atoms with Gasteiger partial charge in [0.2, 0.25) is 12.4 Å². The Morgan fingerprint density at radius 2 is 1.53 bits per heavy atom. The van der Waals surface area contributed by atoms with E-state index in [2.05, 4.69) is 10.3 Å². The van der Waals surface area contributed by atoms with E-state index in [0.29, 0.717) is 0 Å². The van der Waals surface area contributed by atoms with Gasteiger partial charge in [0.15, 0.2) is 6.10 Å². The highest BCUT2D eigenvalue weighted by molar-refractivity contribution is 5.68. The van der Waals surface area contributed by atoms with E-state index in [9.17, 15) is 32.3 Å². The first-order valence-corrected chi connectivity index (χ1v) is 11.2. The first-order valence-electron chi connectivity index (χ1n) is 11.2. The molecule has 38 heavy (non-hydrogen) atoms. The van der Waals surface area contributed by atoms with Crippen molar-refractivity contribution in [2.75, 3.05) is 6.61 Å². The van der Waals surface area contributed by atoms with E-state index < -0.39 is 72.9 Å². The highest BCUT2D eigenvalue weighted by atomic mass is 19.4. The number of hydrogen-bond donors (Lipinski definition) is 0. The van der Waals surface area contributed by atoms with Crippen molar-refractivity contribution in [1.29, 1.82) is 0 Å². The molecule has 1 fully saturated rings. The van der Waals surface area contributed by atoms with Crippen molar-refractivity contribution in [1.82, 2.24) is 15.0 Å². The lowest BCUT2D eigenvalue weighted by Crippen LogP contribution is -2.59. The molecule has 0 saturated carbocycles. The number of hydrogen-bond acceptors (Lipinski definition) is 11. The van der Waals surface area contributed by atoms with Crippen LogP contribution in [0.5, 0.6) is 0 Å². The number of ether oxygens (including phenoxy) is 5. The zero-order valence-corrected chi connectivity index (χ0v) is 20.6. The van der Waals surface area contributed by atoms with E-state index >= 15 is 0 Å². The van der Waals surface area contributed by atoms with Gasteiger partial charge in [-0.2, -0.15) is 13.2 Å². The number of benzene rings is 1. The van der Waals surface area contributed by atoms with Crippen LogP contribution in [0.15, 0.2) is 30.5 Å². The van der Waals surface area contributed by atoms with Gasteiger partial charge >= 0.3 is 30.1 Å². The molecule has 1 aliphatic heterocycles. The maximum absolute atomic E-state index is 13.6. The number of nitrogens with zero attached hydrogens (tertiary/aromatic N) is 3. The van der Waals surface area contributed by atoms with Crippen LogP contribution in [0.1, 0.15) is 39.3 Å². The lowest BCUT2D eigenvalue weighted by molar-refractivity contribution is -0.285. The van der Waals surface area contributed by atoms with Crippen molar-refractivity contribution in [3.05, 3.63) is 36.0 Å². The SMILES string of the molecule is CC(=O)OC[C@H]1O[C@H](OC(C)=O)[C@H](OC(C)=O)[C@@H](OC(C)=O)[C@@H]1n1cc(-c2ccccc2C(F)(F)F)nn1. The molecule has 0 aliphatic carbocycles. The molecule has 5 atom stereocenters. The third-order valence-electron chi connectivity index (χ3n) is 5.28. The Labute approximate surface area is 213 Å². The monoisotopic (exact) mass is 543 g/mol. The van der Waals surface area contributed by atoms with Crippen LogP contribution in [0, 0.1) is 0 Å². The van der Waals surface area contributed by atoms with Crippen LogP contribution < -0.4 is 0 Å². The summed E-state index contributed by atoms with van der Waals surface area (Å²) in [4.78, 5) is 47.1. The average molecular weight is 543 g/mol. The molecule has 0 unspecified atom stereocenters. The van der Waals surface area contributed by atoms with Crippen LogP contribution in [-0.2, 0) is 49.0 Å². The fourth-order valence-electron chi connectivity index (χ4n) is 3.95. The quantitative estimate of drug-likeness (QED) is 0.374. The van der Waals surface area contributed by atoms with E-state index in [1.807, 2.05) is 0 Å². The van der Waals surface area contributed by atoms with Crippen LogP contribution in [0.4, 0.5) is 13.2 Å². The standard InChI is InChI=1S/C23H24F3N3O9/c1-11(30)34-10-18-19(20(35-12(2)31)21(36-13(3)32)22(38-18)37-14(4)33)29-9-17(27-28-29)15-7-5-6-8-16(15)23(24,25)26/h5-9,18-22H,10H2,1-4H3/t18-,19-,20+,21-,22+/m1/s1. The zero-order chi connectivity index (χ0) is 28.2. The maximum Gasteiger partial charge on any atom is 0.417 e. The number of carbonyl (C=O) groups is 4. The molecule has 2 aromatic rings. The van der Waals surface area contributed by atoms with Crippen LogP contribution in [0.3, 0.4) is 0 Å². The number of halogens is 3. The number of rotatable bonds is 7. The van der Waals surface area contributed by atoms with Crippen molar-refractivity contribution in [3.63, 3.8) is 0 Å². The molecule has 0 amide bonds. The van der Waals surface area contributed by atoms with E-state index in [4.69, 9.17) is 23.7 Å². The summed E-state index contributed by atoms with van der Waals surface area (Å²) >= 11 is 0. The molecule has 206 valence electrons. The third-order valence-corrected chi connectivity index (χ3v) is 5.28. The number of alkyl halides is 3. The van der Waals surface area contributed by atoms with Gasteiger partial charge < -0.3 is 23.7 Å². The molecular formula is C23H24F3N3O9. The van der Waals surface area contributed by atoms with Gasteiger partial charge in [0, 0.05) is 33.3 Å². The molecule has 0 N–H and O–H groups in total. The van der Waals surface area contributed by atoms with Crippen molar-refractivity contribution in [2.24, 2.45) is 0 Å². The molecule has 12 nitrogen and oxygen atoms in total. The molecule has 3 rings (SSSR count). The second-order valence-electron chi connectivity index (χ2n) is 8.22. The molecular weight excluding hydrogens is 519 g/mol. The van der Waals surface area contributed by atoms with Crippen LogP contribution >= 0.6 is 0 Å². The number of carbonyl (C=O) groups excluding carboxylic acids is 4. The van der Waals surface area contributed by atoms with Crippen LogP contribution in [-0.4, -0.2) is 70.1 Å². The summed E-state index contributed by atoms with van der Waals surface area (Å²) in [5.41, 5.74) is -1.43. The van der Waals surface area contributed by atoms with Gasteiger partial charge in [0.1, 0.15) is 24.4 Å². The minimum absolute atomic E-state index is 0.183. The minimum Gasteiger partial charge on any atom is -0.463 e. The largest absolute Gasteiger partial charge is 0.463 e. The van der Waals surface area contributed by atoms with Crippen LogP contribution in [0.25, 0.3) is 11.3 Å². The topological polar surface area (TPSA) is 145 Å². The number of esters is 4. The van der Waals surface area contributed by atoms with Crippen LogP contribution in [0.2, 0.25) is 0 Å². The molecule has 1 saturated heterocycles. The van der Waals surface area contributed by atoms with Gasteiger partial charge in [-0.15, -0.1) is 5.10 Å². The Morgan fingerprint density at radius 3 is 2.11 bits per heavy atom. The van der Waals surface area contributed by atoms with Gasteiger partial charge in [-0.25, -0.2) is 4.68 Å². The predicted octanol–water partition coefficient (Wildman–Crippen LogP) is 2.22. The lowest BCUT2D eigenvalue weighted by Gasteiger charge is -2.44. The zero-order valence-electron chi connectivity index (χ0n) is 20.6. The van der Waals surface area contributed by atoms with Crippen molar-refractivity contribution >= 4 is 23.9 Å². The summed E-state index contributed by atoms with van der Waals surface area (Å²) in [6.45, 7) is 3.82. The molecule has 15 heteroatoms. The molecule has 0 bridgehead atoms. The summed E-state index contributed by atoms with van der Waals surface area (Å²) in [5.74, 6) is -3.22. The van der Waals surface area contributed by atoms with E-state index in [1.54, 1.807) is 0 Å². The van der Waals surface area contributed by atoms with Gasteiger partial charge in [-0.05, 0) is 6.07 Å². The third kappa shape index (κ3) is 6.85. The van der Waals surface area contributed by atoms with E-state index in [1.165, 1.54) is 18.2 Å². The van der Waals surface area contributed by atoms with E-state index in [0.717, 1.165) is 44.6 Å². The first-order chi connectivity index (χ1) is 17.8. The van der Waals surface area contributed by atoms with Gasteiger partial charge in [0.25, 0.3) is 0 Å². The lowest BCUT2D eigenvalue weighted by atomic mass is 9.95.